The first kappa shape index (κ1) is 19.2. The maximum Gasteiger partial charge on any atom is 0.325 e. The number of carbonyl (C=O) groups is 3. The predicted molar refractivity (Wildman–Crippen MR) is 90.6 cm³/mol. The van der Waals surface area contributed by atoms with Crippen LogP contribution in [0.15, 0.2) is 18.2 Å². The van der Waals surface area contributed by atoms with E-state index in [2.05, 4.69) is 5.32 Å². The number of urea groups is 1. The summed E-state index contributed by atoms with van der Waals surface area (Å²) in [6.07, 6.45) is 0.654. The maximum atomic E-state index is 14.2. The molecule has 0 aliphatic carbocycles. The Balaban J connectivity index is 1.78. The number of amides is 4. The molecular formula is C18H21F2N3O4. The molecule has 1 aromatic carbocycles. The number of carbonyl (C=O) groups excluding carboxylic acids is 3. The Bertz CT molecular complexity index is 788. The van der Waals surface area contributed by atoms with E-state index in [1.54, 1.807) is 0 Å². The average Bonchev–Trinajstić information content (AvgIpc) is 2.87. The highest BCUT2D eigenvalue weighted by Crippen LogP contribution is 2.31. The molecule has 2 unspecified atom stereocenters. The number of rotatable bonds is 4. The topological polar surface area (TPSA) is 79.0 Å². The molecule has 2 heterocycles. The Morgan fingerprint density at radius 1 is 1.37 bits per heavy atom. The zero-order valence-corrected chi connectivity index (χ0v) is 15.1. The molecule has 3 rings (SSSR count). The summed E-state index contributed by atoms with van der Waals surface area (Å²) in [5.74, 6) is -2.75. The van der Waals surface area contributed by atoms with Gasteiger partial charge in [0.25, 0.3) is 5.91 Å². The number of benzene rings is 1. The molecule has 2 aliphatic heterocycles. The zero-order valence-electron chi connectivity index (χ0n) is 15.1. The summed E-state index contributed by atoms with van der Waals surface area (Å²) in [4.78, 5) is 39.9. The fourth-order valence-corrected chi connectivity index (χ4v) is 3.33. The highest BCUT2D eigenvalue weighted by molar-refractivity contribution is 6.09. The van der Waals surface area contributed by atoms with Gasteiger partial charge in [0.2, 0.25) is 5.91 Å². The van der Waals surface area contributed by atoms with Crippen LogP contribution in [0.2, 0.25) is 0 Å². The van der Waals surface area contributed by atoms with Crippen LogP contribution in [-0.2, 0) is 19.9 Å². The van der Waals surface area contributed by atoms with Crippen molar-refractivity contribution in [3.63, 3.8) is 0 Å². The Kier molecular flexibility index (Phi) is 5.14. The largest absolute Gasteiger partial charge is 0.375 e. The van der Waals surface area contributed by atoms with E-state index in [1.807, 2.05) is 6.92 Å². The number of halogens is 2. The average molecular weight is 381 g/mol. The molecule has 27 heavy (non-hydrogen) atoms. The number of imide groups is 1. The first-order valence-electron chi connectivity index (χ1n) is 8.75. The molecule has 0 saturated carbocycles. The molecule has 7 nitrogen and oxygen atoms in total. The van der Waals surface area contributed by atoms with Gasteiger partial charge in [0.05, 0.1) is 12.7 Å². The van der Waals surface area contributed by atoms with Crippen LogP contribution < -0.4 is 5.32 Å². The molecule has 9 heteroatoms. The number of hydrogen-bond acceptors (Lipinski definition) is 4. The summed E-state index contributed by atoms with van der Waals surface area (Å²) >= 11 is 0. The van der Waals surface area contributed by atoms with E-state index in [-0.39, 0.29) is 11.7 Å². The molecule has 2 atom stereocenters. The van der Waals surface area contributed by atoms with Gasteiger partial charge in [-0.15, -0.1) is 0 Å². The molecule has 0 spiro atoms. The van der Waals surface area contributed by atoms with Crippen LogP contribution in [0, 0.1) is 11.6 Å². The normalized spacial score (nSPS) is 25.7. The van der Waals surface area contributed by atoms with Crippen molar-refractivity contribution in [3.8, 4) is 0 Å². The first-order chi connectivity index (χ1) is 12.8. The van der Waals surface area contributed by atoms with Gasteiger partial charge in [-0.05, 0) is 31.5 Å². The van der Waals surface area contributed by atoms with E-state index in [1.165, 1.54) is 11.8 Å². The van der Waals surface area contributed by atoms with Gasteiger partial charge in [-0.25, -0.2) is 13.6 Å². The minimum atomic E-state index is -1.78. The molecule has 0 bridgehead atoms. The Labute approximate surface area is 155 Å². The summed E-state index contributed by atoms with van der Waals surface area (Å²) in [5, 5.41) is 2.38. The molecule has 1 N–H and O–H groups in total. The summed E-state index contributed by atoms with van der Waals surface area (Å²) in [7, 11) is 0. The van der Waals surface area contributed by atoms with Crippen molar-refractivity contribution < 1.29 is 27.9 Å². The van der Waals surface area contributed by atoms with Crippen molar-refractivity contribution in [3.05, 3.63) is 35.4 Å². The zero-order chi connectivity index (χ0) is 19.8. The first-order valence-corrected chi connectivity index (χ1v) is 8.75. The fourth-order valence-electron chi connectivity index (χ4n) is 3.33. The molecular weight excluding hydrogens is 360 g/mol. The number of ether oxygens (including phenoxy) is 1. The number of nitrogens with zero attached hydrogens (tertiary/aromatic N) is 2. The van der Waals surface area contributed by atoms with Gasteiger partial charge >= 0.3 is 6.03 Å². The highest BCUT2D eigenvalue weighted by atomic mass is 19.1. The predicted octanol–water partition coefficient (Wildman–Crippen LogP) is 1.37. The Hall–Kier alpha value is -2.55. The van der Waals surface area contributed by atoms with E-state index < -0.39 is 41.6 Å². The van der Waals surface area contributed by atoms with Gasteiger partial charge in [0, 0.05) is 18.7 Å². The van der Waals surface area contributed by atoms with Crippen molar-refractivity contribution in [1.29, 1.82) is 0 Å². The number of nitrogens with one attached hydrogen (secondary N) is 1. The lowest BCUT2D eigenvalue weighted by atomic mass is 9.91. The van der Waals surface area contributed by atoms with Gasteiger partial charge in [0.15, 0.2) is 0 Å². The van der Waals surface area contributed by atoms with Crippen LogP contribution in [0.25, 0.3) is 0 Å². The molecule has 2 fully saturated rings. The monoisotopic (exact) mass is 381 g/mol. The third-order valence-electron chi connectivity index (χ3n) is 4.98. The second-order valence-corrected chi connectivity index (χ2v) is 6.81. The van der Waals surface area contributed by atoms with Gasteiger partial charge in [-0.3, -0.25) is 14.5 Å². The van der Waals surface area contributed by atoms with Crippen molar-refractivity contribution >= 4 is 17.8 Å². The van der Waals surface area contributed by atoms with E-state index in [0.717, 1.165) is 29.5 Å². The van der Waals surface area contributed by atoms with Gasteiger partial charge in [-0.2, -0.15) is 0 Å². The van der Waals surface area contributed by atoms with Crippen LogP contribution in [0.4, 0.5) is 13.6 Å². The van der Waals surface area contributed by atoms with E-state index in [0.29, 0.717) is 19.7 Å². The maximum absolute atomic E-state index is 14.2. The van der Waals surface area contributed by atoms with Crippen LogP contribution in [-0.4, -0.2) is 60.0 Å². The second kappa shape index (κ2) is 7.22. The fraction of sp³-hybridized carbons (Fsp3) is 0.500. The smallest absolute Gasteiger partial charge is 0.325 e. The van der Waals surface area contributed by atoms with Crippen molar-refractivity contribution in [2.45, 2.75) is 31.9 Å². The highest BCUT2D eigenvalue weighted by Gasteiger charge is 2.51. The van der Waals surface area contributed by atoms with Crippen molar-refractivity contribution in [2.24, 2.45) is 0 Å². The Morgan fingerprint density at radius 3 is 2.81 bits per heavy atom. The van der Waals surface area contributed by atoms with Crippen LogP contribution in [0.3, 0.4) is 0 Å². The van der Waals surface area contributed by atoms with Crippen LogP contribution >= 0.6 is 0 Å². The van der Waals surface area contributed by atoms with Crippen LogP contribution in [0.5, 0.6) is 0 Å². The summed E-state index contributed by atoms with van der Waals surface area (Å²) in [6.45, 7) is 3.90. The van der Waals surface area contributed by atoms with E-state index >= 15 is 0 Å². The molecule has 0 radical (unpaired) electrons. The summed E-state index contributed by atoms with van der Waals surface area (Å²) < 4.78 is 33.2. The van der Waals surface area contributed by atoms with Crippen molar-refractivity contribution in [2.75, 3.05) is 26.2 Å². The Morgan fingerprint density at radius 2 is 2.11 bits per heavy atom. The lowest BCUT2D eigenvalue weighted by Crippen LogP contribution is -2.50. The third kappa shape index (κ3) is 3.51. The lowest BCUT2D eigenvalue weighted by molar-refractivity contribution is -0.143. The van der Waals surface area contributed by atoms with E-state index in [4.69, 9.17) is 4.74 Å². The number of hydrogen-bond donors (Lipinski definition) is 1. The van der Waals surface area contributed by atoms with Gasteiger partial charge in [-0.1, -0.05) is 6.92 Å². The summed E-state index contributed by atoms with van der Waals surface area (Å²) in [5.41, 5.74) is -2.06. The quantitative estimate of drug-likeness (QED) is 0.799. The number of morpholine rings is 1. The third-order valence-corrected chi connectivity index (χ3v) is 4.98. The standard InChI is InChI=1S/C18H21F2N3O4/c1-3-12-9-22(6-7-27-12)15(24)10-23-16(25)18(2,21-17(23)26)13-8-11(19)4-5-14(13)20/h4-5,8,12H,3,6-7,9-10H2,1-2H3,(H,21,26). The minimum absolute atomic E-state index is 0.0857. The second-order valence-electron chi connectivity index (χ2n) is 6.81. The minimum Gasteiger partial charge on any atom is -0.375 e. The van der Waals surface area contributed by atoms with Crippen LogP contribution in [0.1, 0.15) is 25.8 Å². The summed E-state index contributed by atoms with van der Waals surface area (Å²) in [6, 6.07) is 1.86. The van der Waals surface area contributed by atoms with Crippen molar-refractivity contribution in [1.82, 2.24) is 15.1 Å². The van der Waals surface area contributed by atoms with Gasteiger partial charge < -0.3 is 15.0 Å². The molecule has 0 aromatic heterocycles. The SMILES string of the molecule is CCC1CN(C(=O)CN2C(=O)NC(C)(c3cc(F)ccc3F)C2=O)CCO1. The molecule has 146 valence electrons. The molecule has 2 saturated heterocycles. The molecule has 2 aliphatic rings. The lowest BCUT2D eigenvalue weighted by Gasteiger charge is -2.33. The van der Waals surface area contributed by atoms with E-state index in [9.17, 15) is 23.2 Å². The molecule has 1 aromatic rings. The molecule has 4 amide bonds. The van der Waals surface area contributed by atoms with Gasteiger partial charge in [0.1, 0.15) is 23.7 Å².